The van der Waals surface area contributed by atoms with Gasteiger partial charge in [0.2, 0.25) is 5.91 Å². The quantitative estimate of drug-likeness (QED) is 0.520. The first-order valence-electron chi connectivity index (χ1n) is 10.1. The Hall–Kier alpha value is -2.38. The third-order valence-corrected chi connectivity index (χ3v) is 4.98. The summed E-state index contributed by atoms with van der Waals surface area (Å²) in [4.78, 5) is 11.9. The van der Waals surface area contributed by atoms with Crippen LogP contribution in [0.1, 0.15) is 55.9 Å². The van der Waals surface area contributed by atoms with Crippen molar-refractivity contribution in [3.63, 3.8) is 0 Å². The van der Waals surface area contributed by atoms with E-state index < -0.39 is 23.6 Å². The predicted octanol–water partition coefficient (Wildman–Crippen LogP) is 5.16. The molecular formula is C23H29F3N2O2. The lowest BCUT2D eigenvalue weighted by atomic mass is 9.97. The lowest BCUT2D eigenvalue weighted by molar-refractivity contribution is -0.138. The van der Waals surface area contributed by atoms with Crippen molar-refractivity contribution in [1.82, 2.24) is 10.6 Å². The number of carbonyl (C=O) groups is 1. The molecule has 0 aromatic heterocycles. The Kier molecular flexibility index (Phi) is 8.43. The number of hydrogen-bond acceptors (Lipinski definition) is 3. The molecule has 2 aromatic rings. The molecule has 0 radical (unpaired) electrons. The third-order valence-electron chi connectivity index (χ3n) is 4.98. The van der Waals surface area contributed by atoms with Gasteiger partial charge in [0, 0.05) is 19.4 Å². The summed E-state index contributed by atoms with van der Waals surface area (Å²) >= 11 is 0. The smallest absolute Gasteiger partial charge is 0.356 e. The van der Waals surface area contributed by atoms with Gasteiger partial charge < -0.3 is 10.1 Å². The Labute approximate surface area is 175 Å². The van der Waals surface area contributed by atoms with E-state index in [1.165, 1.54) is 6.07 Å². The van der Waals surface area contributed by atoms with Gasteiger partial charge in [-0.1, -0.05) is 49.4 Å². The van der Waals surface area contributed by atoms with Crippen LogP contribution in [0.2, 0.25) is 0 Å². The minimum atomic E-state index is -4.42. The van der Waals surface area contributed by atoms with Gasteiger partial charge in [-0.15, -0.1) is 0 Å². The van der Waals surface area contributed by atoms with Crippen LogP contribution in [-0.4, -0.2) is 19.5 Å². The molecule has 0 saturated carbocycles. The second kappa shape index (κ2) is 10.6. The summed E-state index contributed by atoms with van der Waals surface area (Å²) in [5, 5.41) is 6.06. The van der Waals surface area contributed by atoms with E-state index >= 15 is 0 Å². The summed E-state index contributed by atoms with van der Waals surface area (Å²) in [5.41, 5.74) is -0.433. The monoisotopic (exact) mass is 422 g/mol. The van der Waals surface area contributed by atoms with Crippen molar-refractivity contribution in [3.8, 4) is 0 Å². The average Bonchev–Trinajstić information content (AvgIpc) is 2.73. The molecule has 7 heteroatoms. The van der Waals surface area contributed by atoms with Gasteiger partial charge in [0.15, 0.2) is 0 Å². The zero-order valence-electron chi connectivity index (χ0n) is 17.6. The summed E-state index contributed by atoms with van der Waals surface area (Å²) in [5.74, 6) is -0.0403. The van der Waals surface area contributed by atoms with E-state index in [4.69, 9.17) is 4.74 Å². The zero-order chi connectivity index (χ0) is 22.2. The Morgan fingerprint density at radius 2 is 1.73 bits per heavy atom. The fraction of sp³-hybridized carbons (Fsp3) is 0.435. The fourth-order valence-electron chi connectivity index (χ4n) is 3.34. The van der Waals surface area contributed by atoms with Crippen LogP contribution in [0.3, 0.4) is 0 Å². The molecule has 30 heavy (non-hydrogen) atoms. The van der Waals surface area contributed by atoms with Crippen molar-refractivity contribution in [2.24, 2.45) is 0 Å². The van der Waals surface area contributed by atoms with Crippen LogP contribution in [0.4, 0.5) is 13.2 Å². The fourth-order valence-corrected chi connectivity index (χ4v) is 3.34. The van der Waals surface area contributed by atoms with Crippen molar-refractivity contribution in [1.29, 1.82) is 0 Å². The standard InChI is InChI=1S/C23H29F3N2O2/c1-4-9-21(29)28-15-14-22(27-3,19-11-6-5-7-12-19)30-17(2)18-10-8-13-20(16-18)23(24,25)26/h5-8,10-13,16-17,27H,4,9,14-15H2,1-3H3,(H,28,29)/t17?,22-/m0/s1. The second-order valence-electron chi connectivity index (χ2n) is 7.18. The number of hydrogen-bond donors (Lipinski definition) is 2. The molecule has 2 N–H and O–H groups in total. The van der Waals surface area contributed by atoms with Crippen LogP contribution in [0, 0.1) is 0 Å². The highest BCUT2D eigenvalue weighted by Crippen LogP contribution is 2.35. The first kappa shape index (κ1) is 23.9. The van der Waals surface area contributed by atoms with E-state index in [0.29, 0.717) is 24.9 Å². The Morgan fingerprint density at radius 1 is 1.07 bits per heavy atom. The predicted molar refractivity (Wildman–Crippen MR) is 111 cm³/mol. The van der Waals surface area contributed by atoms with E-state index in [-0.39, 0.29) is 5.91 Å². The van der Waals surface area contributed by atoms with Gasteiger partial charge in [0.05, 0.1) is 11.7 Å². The Balaban J connectivity index is 2.27. The summed E-state index contributed by atoms with van der Waals surface area (Å²) in [6.07, 6.45) is -3.43. The number of rotatable bonds is 10. The lowest BCUT2D eigenvalue weighted by Crippen LogP contribution is -2.46. The molecule has 0 bridgehead atoms. The molecule has 2 aromatic carbocycles. The molecule has 0 saturated heterocycles. The number of ether oxygens (including phenoxy) is 1. The highest BCUT2D eigenvalue weighted by Gasteiger charge is 2.35. The molecular weight excluding hydrogens is 393 g/mol. The molecule has 0 aliphatic rings. The maximum Gasteiger partial charge on any atom is 0.416 e. The van der Waals surface area contributed by atoms with Gasteiger partial charge in [-0.3, -0.25) is 10.1 Å². The van der Waals surface area contributed by atoms with Crippen LogP contribution in [0.25, 0.3) is 0 Å². The molecule has 0 fully saturated rings. The van der Waals surface area contributed by atoms with Crippen molar-refractivity contribution in [3.05, 3.63) is 71.3 Å². The Bertz CT molecular complexity index is 812. The highest BCUT2D eigenvalue weighted by atomic mass is 19.4. The highest BCUT2D eigenvalue weighted by molar-refractivity contribution is 5.75. The molecule has 0 aliphatic heterocycles. The second-order valence-corrected chi connectivity index (χ2v) is 7.18. The van der Waals surface area contributed by atoms with Crippen LogP contribution < -0.4 is 10.6 Å². The number of halogens is 3. The topological polar surface area (TPSA) is 50.4 Å². The number of benzene rings is 2. The summed E-state index contributed by atoms with van der Waals surface area (Å²) in [6, 6.07) is 14.6. The van der Waals surface area contributed by atoms with Crippen LogP contribution in [0.15, 0.2) is 54.6 Å². The number of carbonyl (C=O) groups excluding carboxylic acids is 1. The number of alkyl halides is 3. The molecule has 2 atom stereocenters. The normalized spacial score (nSPS) is 14.7. The van der Waals surface area contributed by atoms with Crippen molar-refractivity contribution >= 4 is 5.91 Å². The van der Waals surface area contributed by atoms with Crippen molar-refractivity contribution in [2.45, 2.75) is 51.1 Å². The maximum atomic E-state index is 13.1. The summed E-state index contributed by atoms with van der Waals surface area (Å²) in [6.45, 7) is 4.02. The maximum absolute atomic E-state index is 13.1. The van der Waals surface area contributed by atoms with Gasteiger partial charge in [-0.2, -0.15) is 13.2 Å². The van der Waals surface area contributed by atoms with Crippen molar-refractivity contribution in [2.75, 3.05) is 13.6 Å². The van der Waals surface area contributed by atoms with Gasteiger partial charge in [0.25, 0.3) is 0 Å². The van der Waals surface area contributed by atoms with Crippen LogP contribution in [-0.2, 0) is 21.4 Å². The molecule has 164 valence electrons. The third kappa shape index (κ3) is 6.31. The van der Waals surface area contributed by atoms with Gasteiger partial charge >= 0.3 is 6.18 Å². The van der Waals surface area contributed by atoms with Crippen LogP contribution in [0.5, 0.6) is 0 Å². The lowest BCUT2D eigenvalue weighted by Gasteiger charge is -2.37. The minimum absolute atomic E-state index is 0.0403. The van der Waals surface area contributed by atoms with Gasteiger partial charge in [0.1, 0.15) is 5.72 Å². The molecule has 4 nitrogen and oxygen atoms in total. The molecule has 0 spiro atoms. The summed E-state index contributed by atoms with van der Waals surface area (Å²) < 4.78 is 45.7. The molecule has 0 aliphatic carbocycles. The average molecular weight is 422 g/mol. The van der Waals surface area contributed by atoms with Gasteiger partial charge in [-0.25, -0.2) is 0 Å². The van der Waals surface area contributed by atoms with E-state index in [9.17, 15) is 18.0 Å². The minimum Gasteiger partial charge on any atom is -0.356 e. The van der Waals surface area contributed by atoms with E-state index in [1.807, 2.05) is 37.3 Å². The molecule has 0 heterocycles. The number of amides is 1. The summed E-state index contributed by atoms with van der Waals surface area (Å²) in [7, 11) is 1.74. The zero-order valence-corrected chi connectivity index (χ0v) is 17.6. The van der Waals surface area contributed by atoms with Crippen molar-refractivity contribution < 1.29 is 22.7 Å². The number of nitrogens with one attached hydrogen (secondary N) is 2. The SMILES string of the molecule is CCCC(=O)NCC[C@](NC)(OC(C)c1cccc(C(F)(F)F)c1)c1ccccc1. The van der Waals surface area contributed by atoms with E-state index in [1.54, 1.807) is 20.0 Å². The Morgan fingerprint density at radius 3 is 2.33 bits per heavy atom. The largest absolute Gasteiger partial charge is 0.416 e. The van der Waals surface area contributed by atoms with E-state index in [2.05, 4.69) is 10.6 Å². The van der Waals surface area contributed by atoms with Crippen LogP contribution >= 0.6 is 0 Å². The first-order chi connectivity index (χ1) is 14.2. The molecule has 2 rings (SSSR count). The van der Waals surface area contributed by atoms with Gasteiger partial charge in [-0.05, 0) is 43.7 Å². The molecule has 1 unspecified atom stereocenters. The van der Waals surface area contributed by atoms with E-state index in [0.717, 1.165) is 24.1 Å². The first-order valence-corrected chi connectivity index (χ1v) is 10.1. The molecule has 1 amide bonds.